The van der Waals surface area contributed by atoms with Gasteiger partial charge in [-0.3, -0.25) is 4.79 Å². The molecule has 1 N–H and O–H groups in total. The van der Waals surface area contributed by atoms with Crippen molar-refractivity contribution in [3.8, 4) is 11.5 Å². The lowest BCUT2D eigenvalue weighted by atomic mass is 10.2. The molecular formula is C22H20N2O4S. The van der Waals surface area contributed by atoms with Gasteiger partial charge < -0.3 is 9.47 Å². The molecule has 0 unspecified atom stereocenters. The number of carbonyl (C=O) groups is 2. The summed E-state index contributed by atoms with van der Waals surface area (Å²) in [5.74, 6) is 0.321. The van der Waals surface area contributed by atoms with E-state index in [1.165, 1.54) is 23.1 Å². The van der Waals surface area contributed by atoms with Crippen molar-refractivity contribution in [3.05, 3.63) is 82.0 Å². The topological polar surface area (TPSA) is 77.0 Å². The summed E-state index contributed by atoms with van der Waals surface area (Å²) in [6.07, 6.45) is 2.45. The van der Waals surface area contributed by atoms with Crippen LogP contribution < -0.4 is 14.9 Å². The van der Waals surface area contributed by atoms with Gasteiger partial charge in [0.25, 0.3) is 5.91 Å². The SMILES string of the molecule is CCc1ccc(OCC(=O)N/N=C\c2ccc(OC(=O)c3cccs3)cc2)cc1. The number of nitrogens with zero attached hydrogens (tertiary/aromatic N) is 1. The minimum Gasteiger partial charge on any atom is -0.484 e. The maximum absolute atomic E-state index is 11.9. The number of nitrogens with one attached hydrogen (secondary N) is 1. The quantitative estimate of drug-likeness (QED) is 0.264. The molecule has 2 aromatic carbocycles. The molecular weight excluding hydrogens is 388 g/mol. The summed E-state index contributed by atoms with van der Waals surface area (Å²) in [7, 11) is 0. The van der Waals surface area contributed by atoms with E-state index in [0.717, 1.165) is 12.0 Å². The fourth-order valence-corrected chi connectivity index (χ4v) is 2.95. The van der Waals surface area contributed by atoms with Gasteiger partial charge in [0.05, 0.1) is 6.21 Å². The normalized spacial score (nSPS) is 10.7. The first-order valence-corrected chi connectivity index (χ1v) is 9.91. The number of benzene rings is 2. The van der Waals surface area contributed by atoms with Crippen LogP contribution in [0.3, 0.4) is 0 Å². The molecule has 1 amide bonds. The van der Waals surface area contributed by atoms with E-state index in [0.29, 0.717) is 16.4 Å². The molecule has 0 bridgehead atoms. The lowest BCUT2D eigenvalue weighted by Gasteiger charge is -2.05. The summed E-state index contributed by atoms with van der Waals surface area (Å²) in [4.78, 5) is 24.3. The number of rotatable bonds is 8. The van der Waals surface area contributed by atoms with Crippen molar-refractivity contribution in [1.29, 1.82) is 0 Å². The van der Waals surface area contributed by atoms with Gasteiger partial charge >= 0.3 is 5.97 Å². The highest BCUT2D eigenvalue weighted by atomic mass is 32.1. The van der Waals surface area contributed by atoms with Crippen LogP contribution in [0.5, 0.6) is 11.5 Å². The van der Waals surface area contributed by atoms with E-state index in [-0.39, 0.29) is 12.5 Å². The monoisotopic (exact) mass is 408 g/mol. The lowest BCUT2D eigenvalue weighted by Crippen LogP contribution is -2.24. The van der Waals surface area contributed by atoms with Crippen LogP contribution in [0.1, 0.15) is 27.7 Å². The third kappa shape index (κ3) is 6.29. The van der Waals surface area contributed by atoms with Crippen LogP contribution in [0.2, 0.25) is 0 Å². The van der Waals surface area contributed by atoms with Gasteiger partial charge in [-0.1, -0.05) is 25.1 Å². The van der Waals surface area contributed by atoms with Crippen LogP contribution in [0.15, 0.2) is 71.1 Å². The molecule has 3 rings (SSSR count). The van der Waals surface area contributed by atoms with Crippen molar-refractivity contribution in [2.75, 3.05) is 6.61 Å². The standard InChI is InChI=1S/C22H20N2O4S/c1-2-16-5-9-18(10-6-16)27-15-21(25)24-23-14-17-7-11-19(12-8-17)28-22(26)20-4-3-13-29-20/h3-14H,2,15H2,1H3,(H,24,25)/b23-14-. The number of hydrogen-bond donors (Lipinski definition) is 1. The highest BCUT2D eigenvalue weighted by Gasteiger charge is 2.09. The van der Waals surface area contributed by atoms with Crippen LogP contribution in [0, 0.1) is 0 Å². The van der Waals surface area contributed by atoms with Crippen molar-refractivity contribution >= 4 is 29.4 Å². The Morgan fingerprint density at radius 2 is 1.76 bits per heavy atom. The Balaban J connectivity index is 1.43. The van der Waals surface area contributed by atoms with E-state index in [1.54, 1.807) is 36.4 Å². The Labute approximate surface area is 172 Å². The second kappa shape index (κ2) is 10.2. The summed E-state index contributed by atoms with van der Waals surface area (Å²) in [6.45, 7) is 1.95. The molecule has 1 heterocycles. The third-order valence-electron chi connectivity index (χ3n) is 3.92. The smallest absolute Gasteiger partial charge is 0.353 e. The molecule has 0 saturated heterocycles. The predicted molar refractivity (Wildman–Crippen MR) is 113 cm³/mol. The zero-order valence-electron chi connectivity index (χ0n) is 15.8. The minimum absolute atomic E-state index is 0.125. The number of esters is 1. The zero-order chi connectivity index (χ0) is 20.5. The van der Waals surface area contributed by atoms with Gasteiger partial charge in [-0.25, -0.2) is 10.2 Å². The number of thiophene rings is 1. The molecule has 0 fully saturated rings. The predicted octanol–water partition coefficient (Wildman–Crippen LogP) is 4.06. The summed E-state index contributed by atoms with van der Waals surface area (Å²) >= 11 is 1.33. The van der Waals surface area contributed by atoms with E-state index < -0.39 is 5.97 Å². The average Bonchev–Trinajstić information content (AvgIpc) is 3.29. The van der Waals surface area contributed by atoms with Crippen LogP contribution in [-0.2, 0) is 11.2 Å². The number of amides is 1. The molecule has 6 nitrogen and oxygen atoms in total. The molecule has 0 saturated carbocycles. The molecule has 3 aromatic rings. The van der Waals surface area contributed by atoms with Gasteiger partial charge in [0.1, 0.15) is 16.4 Å². The molecule has 0 atom stereocenters. The van der Waals surface area contributed by atoms with Gasteiger partial charge in [-0.2, -0.15) is 5.10 Å². The molecule has 148 valence electrons. The molecule has 29 heavy (non-hydrogen) atoms. The lowest BCUT2D eigenvalue weighted by molar-refractivity contribution is -0.123. The number of aryl methyl sites for hydroxylation is 1. The largest absolute Gasteiger partial charge is 0.484 e. The van der Waals surface area contributed by atoms with Crippen molar-refractivity contribution in [2.24, 2.45) is 5.10 Å². The van der Waals surface area contributed by atoms with Gasteiger partial charge in [0.2, 0.25) is 0 Å². The Bertz CT molecular complexity index is 965. The first-order chi connectivity index (χ1) is 14.1. The first kappa shape index (κ1) is 20.3. The van der Waals surface area contributed by atoms with Crippen LogP contribution in [0.25, 0.3) is 0 Å². The maximum atomic E-state index is 11.9. The molecule has 0 spiro atoms. The summed E-state index contributed by atoms with van der Waals surface area (Å²) in [6, 6.07) is 17.9. The summed E-state index contributed by atoms with van der Waals surface area (Å²) in [5, 5.41) is 5.72. The van der Waals surface area contributed by atoms with Crippen LogP contribution in [-0.4, -0.2) is 24.7 Å². The van der Waals surface area contributed by atoms with Crippen LogP contribution >= 0.6 is 11.3 Å². The minimum atomic E-state index is -0.391. The summed E-state index contributed by atoms with van der Waals surface area (Å²) in [5.41, 5.74) is 4.37. The van der Waals surface area contributed by atoms with Crippen molar-refractivity contribution in [2.45, 2.75) is 13.3 Å². The molecule has 1 aromatic heterocycles. The summed E-state index contributed by atoms with van der Waals surface area (Å²) < 4.78 is 10.7. The fourth-order valence-electron chi connectivity index (χ4n) is 2.36. The van der Waals surface area contributed by atoms with Crippen molar-refractivity contribution < 1.29 is 19.1 Å². The van der Waals surface area contributed by atoms with Gasteiger partial charge in [-0.05, 0) is 65.4 Å². The Morgan fingerprint density at radius 3 is 2.41 bits per heavy atom. The Hall–Kier alpha value is -3.45. The number of ether oxygens (including phenoxy) is 2. The second-order valence-electron chi connectivity index (χ2n) is 6.02. The highest BCUT2D eigenvalue weighted by molar-refractivity contribution is 7.12. The second-order valence-corrected chi connectivity index (χ2v) is 6.96. The van der Waals surface area contributed by atoms with Crippen molar-refractivity contribution in [1.82, 2.24) is 5.43 Å². The fraction of sp³-hybridized carbons (Fsp3) is 0.136. The van der Waals surface area contributed by atoms with E-state index in [9.17, 15) is 9.59 Å². The average molecular weight is 408 g/mol. The third-order valence-corrected chi connectivity index (χ3v) is 4.77. The Morgan fingerprint density at radius 1 is 1.03 bits per heavy atom. The first-order valence-electron chi connectivity index (χ1n) is 9.03. The van der Waals surface area contributed by atoms with Gasteiger partial charge in [-0.15, -0.1) is 11.3 Å². The van der Waals surface area contributed by atoms with Gasteiger partial charge in [0, 0.05) is 0 Å². The molecule has 0 aliphatic carbocycles. The molecule has 0 aliphatic rings. The van der Waals surface area contributed by atoms with Crippen LogP contribution in [0.4, 0.5) is 0 Å². The number of hydrogen-bond acceptors (Lipinski definition) is 6. The van der Waals surface area contributed by atoms with E-state index in [4.69, 9.17) is 9.47 Å². The molecule has 7 heteroatoms. The zero-order valence-corrected chi connectivity index (χ0v) is 16.6. The highest BCUT2D eigenvalue weighted by Crippen LogP contribution is 2.16. The van der Waals surface area contributed by atoms with E-state index in [2.05, 4.69) is 17.5 Å². The molecule has 0 aliphatic heterocycles. The Kier molecular flexibility index (Phi) is 7.13. The van der Waals surface area contributed by atoms with E-state index in [1.807, 2.05) is 29.6 Å². The number of hydrazone groups is 1. The van der Waals surface area contributed by atoms with E-state index >= 15 is 0 Å². The number of carbonyl (C=O) groups excluding carboxylic acids is 2. The maximum Gasteiger partial charge on any atom is 0.353 e. The molecule has 0 radical (unpaired) electrons. The van der Waals surface area contributed by atoms with Crippen molar-refractivity contribution in [3.63, 3.8) is 0 Å². The van der Waals surface area contributed by atoms with Gasteiger partial charge in [0.15, 0.2) is 6.61 Å².